The summed E-state index contributed by atoms with van der Waals surface area (Å²) in [5, 5.41) is 15.9. The molecular weight excluding hydrogens is 490 g/mol. The number of amides is 4. The molecule has 38 heavy (non-hydrogen) atoms. The lowest BCUT2D eigenvalue weighted by atomic mass is 9.98. The molecule has 12 nitrogen and oxygen atoms in total. The molecule has 2 atom stereocenters. The largest absolute Gasteiger partial charge is 0.465 e. The van der Waals surface area contributed by atoms with Crippen LogP contribution in [-0.2, 0) is 25.7 Å². The van der Waals surface area contributed by atoms with Crippen LogP contribution in [-0.4, -0.2) is 84.4 Å². The molecule has 1 saturated carbocycles. The fraction of sp³-hybridized carbons (Fsp3) is 0.577. The van der Waals surface area contributed by atoms with E-state index in [0.717, 1.165) is 37.8 Å². The fourth-order valence-corrected chi connectivity index (χ4v) is 4.47. The van der Waals surface area contributed by atoms with Gasteiger partial charge in [-0.05, 0) is 44.1 Å². The first-order valence-electron chi connectivity index (χ1n) is 13.2. The smallest absolute Gasteiger partial charge is 0.325 e. The van der Waals surface area contributed by atoms with Gasteiger partial charge >= 0.3 is 12.0 Å². The summed E-state index contributed by atoms with van der Waals surface area (Å²) < 4.78 is 5.02. The number of carbonyl (C=O) groups is 4. The topological polar surface area (TPSA) is 170 Å². The van der Waals surface area contributed by atoms with Crippen LogP contribution in [0.2, 0.25) is 0 Å². The molecule has 1 aliphatic carbocycles. The number of likely N-dealkylation sites (tertiary alicyclic amines) is 1. The number of piperidine rings is 1. The minimum Gasteiger partial charge on any atom is -0.465 e. The highest BCUT2D eigenvalue weighted by Crippen LogP contribution is 2.27. The third-order valence-electron chi connectivity index (χ3n) is 6.61. The van der Waals surface area contributed by atoms with Crippen molar-refractivity contribution in [3.05, 3.63) is 35.9 Å². The predicted molar refractivity (Wildman–Crippen MR) is 141 cm³/mol. The highest BCUT2D eigenvalue weighted by Gasteiger charge is 2.38. The maximum Gasteiger partial charge on any atom is 0.325 e. The van der Waals surface area contributed by atoms with Crippen molar-refractivity contribution in [2.45, 2.75) is 57.7 Å². The summed E-state index contributed by atoms with van der Waals surface area (Å²) in [4.78, 5) is 54.4. The molecule has 1 saturated heterocycles. The number of hydrogen-bond donors (Lipinski definition) is 5. The van der Waals surface area contributed by atoms with Crippen LogP contribution in [0.5, 0.6) is 0 Å². The Morgan fingerprint density at radius 1 is 1.16 bits per heavy atom. The van der Waals surface area contributed by atoms with Gasteiger partial charge in [0, 0.05) is 32.2 Å². The molecule has 3 rings (SSSR count). The molecule has 12 heteroatoms. The lowest BCUT2D eigenvalue weighted by molar-refractivity contribution is -0.150. The molecule has 0 radical (unpaired) electrons. The zero-order valence-electron chi connectivity index (χ0n) is 21.9. The molecule has 1 aromatic rings. The summed E-state index contributed by atoms with van der Waals surface area (Å²) in [5.41, 5.74) is 6.49. The molecule has 2 fully saturated rings. The minimum atomic E-state index is -1.15. The summed E-state index contributed by atoms with van der Waals surface area (Å²) in [7, 11) is 0. The van der Waals surface area contributed by atoms with Crippen LogP contribution in [0.3, 0.4) is 0 Å². The zero-order valence-corrected chi connectivity index (χ0v) is 21.9. The standard InChI is InChI=1S/C26H39N7O5/c1-2-38-23(35)17-33(20-10-11-20)24(36)21(31-26(37)30-14-18-7-4-3-5-8-18)13-22(34)29-15-19-9-6-12-32(16-19)25(27)28/h3-5,7-8,19-21H,2,6,9-17H2,1H3,(H3,27,28)(H,29,34)(H2,30,31,37)/t19-,21-/m0/s1. The van der Waals surface area contributed by atoms with Crippen LogP contribution >= 0.6 is 0 Å². The molecule has 0 aromatic heterocycles. The van der Waals surface area contributed by atoms with Crippen molar-refractivity contribution in [3.8, 4) is 0 Å². The van der Waals surface area contributed by atoms with Crippen molar-refractivity contribution in [2.75, 3.05) is 32.8 Å². The minimum absolute atomic E-state index is 0.0131. The van der Waals surface area contributed by atoms with Crippen LogP contribution in [0, 0.1) is 11.3 Å². The number of urea groups is 1. The van der Waals surface area contributed by atoms with Crippen molar-refractivity contribution >= 4 is 29.8 Å². The lowest BCUT2D eigenvalue weighted by Crippen LogP contribution is -2.54. The van der Waals surface area contributed by atoms with Gasteiger partial charge in [-0.25, -0.2) is 4.79 Å². The summed E-state index contributed by atoms with van der Waals surface area (Å²) in [6, 6.07) is 7.46. The van der Waals surface area contributed by atoms with Crippen molar-refractivity contribution in [1.82, 2.24) is 25.8 Å². The molecule has 0 bridgehead atoms. The first-order chi connectivity index (χ1) is 18.3. The van der Waals surface area contributed by atoms with E-state index < -0.39 is 29.9 Å². The Balaban J connectivity index is 1.62. The number of rotatable bonds is 12. The van der Waals surface area contributed by atoms with Gasteiger partial charge < -0.3 is 36.2 Å². The van der Waals surface area contributed by atoms with Crippen molar-refractivity contribution < 1.29 is 23.9 Å². The van der Waals surface area contributed by atoms with Gasteiger partial charge in [-0.15, -0.1) is 0 Å². The van der Waals surface area contributed by atoms with Crippen LogP contribution < -0.4 is 21.7 Å². The first kappa shape index (κ1) is 28.7. The molecule has 208 valence electrons. The molecular formula is C26H39N7O5. The number of nitrogens with one attached hydrogen (secondary N) is 4. The highest BCUT2D eigenvalue weighted by atomic mass is 16.5. The third kappa shape index (κ3) is 9.24. The highest BCUT2D eigenvalue weighted by molar-refractivity contribution is 5.93. The molecule has 0 unspecified atom stereocenters. The van der Waals surface area contributed by atoms with E-state index in [0.29, 0.717) is 13.1 Å². The summed E-state index contributed by atoms with van der Waals surface area (Å²) >= 11 is 0. The molecule has 0 spiro atoms. The van der Waals surface area contributed by atoms with Gasteiger partial charge in [0.15, 0.2) is 5.96 Å². The fourth-order valence-electron chi connectivity index (χ4n) is 4.47. The maximum atomic E-state index is 13.5. The Bertz CT molecular complexity index is 985. The SMILES string of the molecule is CCOC(=O)CN(C(=O)[C@H](CC(=O)NC[C@@H]1CCCN(C(=N)N)C1)NC(=O)NCc1ccccc1)C1CC1. The second kappa shape index (κ2) is 14.2. The number of nitrogens with two attached hydrogens (primary N) is 1. The zero-order chi connectivity index (χ0) is 27.5. The van der Waals surface area contributed by atoms with E-state index in [1.807, 2.05) is 30.3 Å². The predicted octanol–water partition coefficient (Wildman–Crippen LogP) is 0.520. The summed E-state index contributed by atoms with van der Waals surface area (Å²) in [5.74, 6) is -1.28. The van der Waals surface area contributed by atoms with E-state index in [-0.39, 0.29) is 44.0 Å². The van der Waals surface area contributed by atoms with Crippen molar-refractivity contribution in [3.63, 3.8) is 0 Å². The molecule has 1 heterocycles. The maximum absolute atomic E-state index is 13.5. The van der Waals surface area contributed by atoms with Crippen LogP contribution in [0.1, 0.15) is 44.6 Å². The number of nitrogens with zero attached hydrogens (tertiary/aromatic N) is 2. The normalized spacial score (nSPS) is 17.6. The van der Waals surface area contributed by atoms with Gasteiger partial charge in [0.25, 0.3) is 0 Å². The molecule has 6 N–H and O–H groups in total. The van der Waals surface area contributed by atoms with Gasteiger partial charge in [0.05, 0.1) is 13.0 Å². The van der Waals surface area contributed by atoms with E-state index in [9.17, 15) is 19.2 Å². The number of benzene rings is 1. The van der Waals surface area contributed by atoms with E-state index in [2.05, 4.69) is 16.0 Å². The number of esters is 1. The molecule has 4 amide bonds. The van der Waals surface area contributed by atoms with Gasteiger partial charge in [0.1, 0.15) is 12.6 Å². The van der Waals surface area contributed by atoms with E-state index in [4.69, 9.17) is 15.9 Å². The number of carbonyl (C=O) groups excluding carboxylic acids is 4. The average molecular weight is 530 g/mol. The third-order valence-corrected chi connectivity index (χ3v) is 6.61. The monoisotopic (exact) mass is 529 g/mol. The van der Waals surface area contributed by atoms with Crippen LogP contribution in [0.25, 0.3) is 0 Å². The molecule has 2 aliphatic rings. The van der Waals surface area contributed by atoms with Crippen LogP contribution in [0.4, 0.5) is 4.79 Å². The van der Waals surface area contributed by atoms with Crippen molar-refractivity contribution in [2.24, 2.45) is 11.7 Å². The van der Waals surface area contributed by atoms with Gasteiger partial charge in [-0.2, -0.15) is 0 Å². The quantitative estimate of drug-likeness (QED) is 0.149. The number of hydrogen-bond acceptors (Lipinski definition) is 6. The van der Waals surface area contributed by atoms with E-state index in [1.165, 1.54) is 4.90 Å². The second-order valence-electron chi connectivity index (χ2n) is 9.72. The van der Waals surface area contributed by atoms with E-state index >= 15 is 0 Å². The molecule has 1 aliphatic heterocycles. The van der Waals surface area contributed by atoms with Gasteiger partial charge in [0.2, 0.25) is 11.8 Å². The molecule has 1 aromatic carbocycles. The summed E-state index contributed by atoms with van der Waals surface area (Å²) in [6.45, 7) is 3.57. The average Bonchev–Trinajstić information content (AvgIpc) is 3.75. The van der Waals surface area contributed by atoms with Gasteiger partial charge in [-0.1, -0.05) is 30.3 Å². The second-order valence-corrected chi connectivity index (χ2v) is 9.72. The Morgan fingerprint density at radius 2 is 1.89 bits per heavy atom. The Morgan fingerprint density at radius 3 is 2.55 bits per heavy atom. The Hall–Kier alpha value is -3.83. The Labute approximate surface area is 223 Å². The van der Waals surface area contributed by atoms with Crippen molar-refractivity contribution in [1.29, 1.82) is 5.41 Å². The van der Waals surface area contributed by atoms with Crippen LogP contribution in [0.15, 0.2) is 30.3 Å². The van der Waals surface area contributed by atoms with E-state index in [1.54, 1.807) is 11.8 Å². The van der Waals surface area contributed by atoms with Gasteiger partial charge in [-0.3, -0.25) is 19.8 Å². The number of guanidine groups is 1. The first-order valence-corrected chi connectivity index (χ1v) is 13.2. The Kier molecular flexibility index (Phi) is 10.7. The number of ether oxygens (including phenoxy) is 1. The summed E-state index contributed by atoms with van der Waals surface area (Å²) in [6.07, 6.45) is 2.99. The lowest BCUT2D eigenvalue weighted by Gasteiger charge is -2.33.